The zero-order chi connectivity index (χ0) is 11.9. The van der Waals surface area contributed by atoms with E-state index in [1.807, 2.05) is 0 Å². The van der Waals surface area contributed by atoms with Crippen molar-refractivity contribution in [3.05, 3.63) is 28.7 Å². The molecule has 1 aromatic carbocycles. The van der Waals surface area contributed by atoms with Gasteiger partial charge in [0, 0.05) is 5.56 Å². The van der Waals surface area contributed by atoms with E-state index in [0.717, 1.165) is 13.2 Å². The summed E-state index contributed by atoms with van der Waals surface area (Å²) >= 11 is 0. The van der Waals surface area contributed by atoms with Gasteiger partial charge in [-0.3, -0.25) is 0 Å². The zero-order valence-corrected chi connectivity index (χ0v) is 9.11. The van der Waals surface area contributed by atoms with E-state index in [0.29, 0.717) is 0 Å². The maximum Gasteiger partial charge on any atom is 0.349 e. The van der Waals surface area contributed by atoms with Gasteiger partial charge in [0.15, 0.2) is 4.91 Å². The summed E-state index contributed by atoms with van der Waals surface area (Å²) < 4.78 is 28.1. The number of aromatic hydroxyl groups is 1. The molecule has 1 aliphatic heterocycles. The molecule has 0 saturated carbocycles. The van der Waals surface area contributed by atoms with E-state index in [-0.39, 0.29) is 16.2 Å². The van der Waals surface area contributed by atoms with E-state index in [4.69, 9.17) is 0 Å². The normalized spacial score (nSPS) is 16.4. The first kappa shape index (κ1) is 10.7. The van der Waals surface area contributed by atoms with Crippen LogP contribution in [0.25, 0.3) is 6.08 Å². The van der Waals surface area contributed by atoms with Gasteiger partial charge in [-0.2, -0.15) is 0 Å². The molecule has 16 heavy (non-hydrogen) atoms. The molecular weight excluding hydrogens is 232 g/mol. The summed E-state index contributed by atoms with van der Waals surface area (Å²) in [7, 11) is -2.75. The molecule has 1 aromatic rings. The highest BCUT2D eigenvalue weighted by Gasteiger charge is 2.36. The lowest BCUT2D eigenvalue weighted by Crippen LogP contribution is -2.11. The van der Waals surface area contributed by atoms with Crippen LogP contribution < -0.4 is 0 Å². The van der Waals surface area contributed by atoms with E-state index >= 15 is 0 Å². The molecule has 0 aromatic heterocycles. The third kappa shape index (κ3) is 1.30. The van der Waals surface area contributed by atoms with Crippen LogP contribution in [0.3, 0.4) is 0 Å². The van der Waals surface area contributed by atoms with Gasteiger partial charge in [0.05, 0.1) is 12.0 Å². The zero-order valence-electron chi connectivity index (χ0n) is 8.30. The quantitative estimate of drug-likeness (QED) is 0.730. The standard InChI is InChI=1S/C10H8O5S/c1-15-10(12)9-5-6-7(11)3-2-4-8(6)16(9,13)14/h2-5,11H,1H3. The molecule has 0 unspecified atom stereocenters. The molecule has 0 amide bonds. The van der Waals surface area contributed by atoms with E-state index in [9.17, 15) is 18.3 Å². The Labute approximate surface area is 91.9 Å². The summed E-state index contributed by atoms with van der Waals surface area (Å²) in [5, 5.41) is 9.47. The fraction of sp³-hybridized carbons (Fsp3) is 0.100. The number of methoxy groups -OCH3 is 1. The van der Waals surface area contributed by atoms with Crippen molar-refractivity contribution in [3.8, 4) is 5.75 Å². The van der Waals surface area contributed by atoms with Crippen LogP contribution in [-0.4, -0.2) is 26.6 Å². The Bertz CT molecular complexity index is 598. The molecule has 5 nitrogen and oxygen atoms in total. The fourth-order valence-electron chi connectivity index (χ4n) is 1.51. The molecular formula is C10H8O5S. The molecule has 0 bridgehead atoms. The minimum atomic E-state index is -3.85. The summed E-state index contributed by atoms with van der Waals surface area (Å²) in [6, 6.07) is 4.08. The van der Waals surface area contributed by atoms with Crippen molar-refractivity contribution in [2.75, 3.05) is 7.11 Å². The van der Waals surface area contributed by atoms with E-state index < -0.39 is 20.7 Å². The number of ether oxygens (including phenoxy) is 1. The molecule has 0 radical (unpaired) electrons. The smallest absolute Gasteiger partial charge is 0.349 e. The SMILES string of the molecule is COC(=O)C1=Cc2c(O)cccc2S1(=O)=O. The van der Waals surface area contributed by atoms with Gasteiger partial charge in [0.1, 0.15) is 5.75 Å². The number of sulfone groups is 1. The second-order valence-electron chi connectivity index (χ2n) is 3.19. The molecule has 1 N–H and O–H groups in total. The van der Waals surface area contributed by atoms with Gasteiger partial charge >= 0.3 is 5.97 Å². The summed E-state index contributed by atoms with van der Waals surface area (Å²) in [6.45, 7) is 0. The average molecular weight is 240 g/mol. The number of esters is 1. The molecule has 0 spiro atoms. The van der Waals surface area contributed by atoms with Gasteiger partial charge in [0.2, 0.25) is 9.84 Å². The molecule has 2 rings (SSSR count). The fourth-order valence-corrected chi connectivity index (χ4v) is 3.03. The Hall–Kier alpha value is -1.82. The molecule has 0 saturated heterocycles. The third-order valence-electron chi connectivity index (χ3n) is 2.28. The van der Waals surface area contributed by atoms with E-state index in [1.54, 1.807) is 0 Å². The number of benzene rings is 1. The maximum atomic E-state index is 11.9. The Morgan fingerprint density at radius 2 is 2.06 bits per heavy atom. The first-order valence-electron chi connectivity index (χ1n) is 4.35. The highest BCUT2D eigenvalue weighted by molar-refractivity contribution is 7.96. The van der Waals surface area contributed by atoms with Crippen molar-refractivity contribution in [1.82, 2.24) is 0 Å². The van der Waals surface area contributed by atoms with Gasteiger partial charge in [-0.25, -0.2) is 13.2 Å². The molecule has 0 aliphatic carbocycles. The van der Waals surface area contributed by atoms with Crippen LogP contribution in [0.15, 0.2) is 28.0 Å². The molecule has 6 heteroatoms. The van der Waals surface area contributed by atoms with Crippen LogP contribution in [0.5, 0.6) is 5.75 Å². The Morgan fingerprint density at radius 3 is 2.62 bits per heavy atom. The number of phenols is 1. The summed E-state index contributed by atoms with van der Waals surface area (Å²) in [4.78, 5) is 10.7. The van der Waals surface area contributed by atoms with Crippen molar-refractivity contribution >= 4 is 21.9 Å². The van der Waals surface area contributed by atoms with Gasteiger partial charge < -0.3 is 9.84 Å². The van der Waals surface area contributed by atoms with E-state index in [2.05, 4.69) is 4.74 Å². The van der Waals surface area contributed by atoms with Crippen molar-refractivity contribution in [1.29, 1.82) is 0 Å². The van der Waals surface area contributed by atoms with Crippen LogP contribution >= 0.6 is 0 Å². The lowest BCUT2D eigenvalue weighted by molar-refractivity contribution is -0.135. The van der Waals surface area contributed by atoms with Crippen LogP contribution in [0.1, 0.15) is 5.56 Å². The number of carbonyl (C=O) groups is 1. The van der Waals surface area contributed by atoms with Crippen LogP contribution in [0.4, 0.5) is 0 Å². The Kier molecular flexibility index (Phi) is 2.23. The first-order chi connectivity index (χ1) is 7.48. The predicted octanol–water partition coefficient (Wildman–Crippen LogP) is 0.693. The summed E-state index contributed by atoms with van der Waals surface area (Å²) in [5.74, 6) is -1.12. The van der Waals surface area contributed by atoms with Gasteiger partial charge in [-0.15, -0.1) is 0 Å². The predicted molar refractivity (Wildman–Crippen MR) is 55.3 cm³/mol. The van der Waals surface area contributed by atoms with Gasteiger partial charge in [0.25, 0.3) is 0 Å². The largest absolute Gasteiger partial charge is 0.507 e. The van der Waals surface area contributed by atoms with Gasteiger partial charge in [-0.05, 0) is 18.2 Å². The van der Waals surface area contributed by atoms with E-state index in [1.165, 1.54) is 18.2 Å². The highest BCUT2D eigenvalue weighted by atomic mass is 32.2. The number of hydrogen-bond acceptors (Lipinski definition) is 5. The lowest BCUT2D eigenvalue weighted by atomic mass is 10.2. The lowest BCUT2D eigenvalue weighted by Gasteiger charge is -2.01. The minimum absolute atomic E-state index is 0.0760. The topological polar surface area (TPSA) is 80.7 Å². The number of rotatable bonds is 1. The molecule has 1 aliphatic rings. The van der Waals surface area contributed by atoms with Crippen LogP contribution in [-0.2, 0) is 19.4 Å². The molecule has 84 valence electrons. The molecule has 0 atom stereocenters. The van der Waals surface area contributed by atoms with Crippen molar-refractivity contribution in [2.24, 2.45) is 0 Å². The Morgan fingerprint density at radius 1 is 1.38 bits per heavy atom. The molecule has 0 fully saturated rings. The molecule has 1 heterocycles. The average Bonchev–Trinajstić information content (AvgIpc) is 2.52. The summed E-state index contributed by atoms with van der Waals surface area (Å²) in [6.07, 6.45) is 1.12. The first-order valence-corrected chi connectivity index (χ1v) is 5.84. The highest BCUT2D eigenvalue weighted by Crippen LogP contribution is 2.37. The number of carbonyl (C=O) groups excluding carboxylic acids is 1. The Balaban J connectivity index is 2.71. The monoisotopic (exact) mass is 240 g/mol. The van der Waals surface area contributed by atoms with Crippen molar-refractivity contribution in [3.63, 3.8) is 0 Å². The third-order valence-corrected chi connectivity index (χ3v) is 4.08. The van der Waals surface area contributed by atoms with Crippen LogP contribution in [0, 0.1) is 0 Å². The van der Waals surface area contributed by atoms with Crippen LogP contribution in [0.2, 0.25) is 0 Å². The second kappa shape index (κ2) is 3.34. The second-order valence-corrected chi connectivity index (χ2v) is 5.08. The summed E-state index contributed by atoms with van der Waals surface area (Å²) in [5.41, 5.74) is 0.128. The minimum Gasteiger partial charge on any atom is -0.507 e. The van der Waals surface area contributed by atoms with Crippen molar-refractivity contribution < 1.29 is 23.1 Å². The van der Waals surface area contributed by atoms with Crippen molar-refractivity contribution in [2.45, 2.75) is 4.90 Å². The number of hydrogen-bond donors (Lipinski definition) is 1. The van der Waals surface area contributed by atoms with Gasteiger partial charge in [-0.1, -0.05) is 6.07 Å². The number of fused-ring (bicyclic) bond motifs is 1. The number of phenolic OH excluding ortho intramolecular Hbond substituents is 1. The maximum absolute atomic E-state index is 11.9.